The van der Waals surface area contributed by atoms with Crippen molar-refractivity contribution < 1.29 is 9.21 Å². The number of benzene rings is 1. The summed E-state index contributed by atoms with van der Waals surface area (Å²) in [7, 11) is 2.03. The lowest BCUT2D eigenvalue weighted by molar-refractivity contribution is -0.131. The molecule has 3 heterocycles. The van der Waals surface area contributed by atoms with Crippen LogP contribution in [0.25, 0.3) is 10.9 Å². The van der Waals surface area contributed by atoms with Gasteiger partial charge in [-0.3, -0.25) is 4.79 Å². The van der Waals surface area contributed by atoms with Crippen LogP contribution in [-0.2, 0) is 18.3 Å². The summed E-state index contributed by atoms with van der Waals surface area (Å²) < 4.78 is 7.96. The van der Waals surface area contributed by atoms with Crippen LogP contribution in [0.5, 0.6) is 0 Å². The lowest BCUT2D eigenvalue weighted by Crippen LogP contribution is -2.38. The smallest absolute Gasteiger partial charge is 0.227 e. The van der Waals surface area contributed by atoms with Gasteiger partial charge < -0.3 is 13.9 Å². The molecular weight excluding hydrogens is 340 g/mol. The van der Waals surface area contributed by atoms with Crippen LogP contribution in [-0.4, -0.2) is 38.7 Å². The predicted octanol–water partition coefficient (Wildman–Crippen LogP) is 3.39. The third-order valence-corrected chi connectivity index (χ3v) is 5.90. The van der Waals surface area contributed by atoms with Gasteiger partial charge in [0.1, 0.15) is 0 Å². The number of nitrogens with zero attached hydrogens (tertiary/aromatic N) is 4. The molecule has 6 nitrogen and oxygen atoms in total. The second-order valence-corrected chi connectivity index (χ2v) is 7.87. The monoisotopic (exact) mass is 364 g/mol. The summed E-state index contributed by atoms with van der Waals surface area (Å²) in [5, 5.41) is 9.62. The highest BCUT2D eigenvalue weighted by atomic mass is 16.4. The van der Waals surface area contributed by atoms with Gasteiger partial charge in [-0.25, -0.2) is 0 Å². The van der Waals surface area contributed by atoms with Gasteiger partial charge in [0.2, 0.25) is 17.7 Å². The second-order valence-electron chi connectivity index (χ2n) is 7.87. The number of carbonyl (C=O) groups excluding carboxylic acids is 1. The number of piperidine rings is 1. The topological polar surface area (TPSA) is 64.2 Å². The summed E-state index contributed by atoms with van der Waals surface area (Å²) in [4.78, 5) is 14.8. The summed E-state index contributed by atoms with van der Waals surface area (Å²) in [6, 6.07) is 8.25. The fourth-order valence-corrected chi connectivity index (χ4v) is 4.12. The Kier molecular flexibility index (Phi) is 3.99. The molecule has 1 saturated carbocycles. The molecule has 2 aromatic heterocycles. The van der Waals surface area contributed by atoms with E-state index in [-0.39, 0.29) is 11.8 Å². The van der Waals surface area contributed by atoms with Crippen molar-refractivity contribution >= 4 is 16.8 Å². The number of hydrogen-bond donors (Lipinski definition) is 0. The highest BCUT2D eigenvalue weighted by molar-refractivity contribution is 5.89. The maximum Gasteiger partial charge on any atom is 0.227 e. The number of hydrogen-bond acceptors (Lipinski definition) is 4. The lowest BCUT2D eigenvalue weighted by atomic mass is 9.96. The number of aromatic nitrogens is 3. The van der Waals surface area contributed by atoms with Gasteiger partial charge in [-0.1, -0.05) is 18.2 Å². The summed E-state index contributed by atoms with van der Waals surface area (Å²) in [6.07, 6.45) is 6.66. The average molecular weight is 364 g/mol. The van der Waals surface area contributed by atoms with Crippen LogP contribution < -0.4 is 0 Å². The Morgan fingerprint density at radius 1 is 1.07 bits per heavy atom. The predicted molar refractivity (Wildman–Crippen MR) is 101 cm³/mol. The molecule has 1 aliphatic heterocycles. The van der Waals surface area contributed by atoms with Gasteiger partial charge in [0.15, 0.2) is 0 Å². The Morgan fingerprint density at radius 2 is 1.74 bits per heavy atom. The molecule has 140 valence electrons. The van der Waals surface area contributed by atoms with Gasteiger partial charge in [0.25, 0.3) is 0 Å². The van der Waals surface area contributed by atoms with Crippen LogP contribution in [0.3, 0.4) is 0 Å². The van der Waals surface area contributed by atoms with Gasteiger partial charge in [-0.15, -0.1) is 10.2 Å². The fourth-order valence-electron chi connectivity index (χ4n) is 4.12. The first-order valence-electron chi connectivity index (χ1n) is 9.83. The van der Waals surface area contributed by atoms with Crippen LogP contribution in [0.4, 0.5) is 0 Å². The largest absolute Gasteiger partial charge is 0.425 e. The van der Waals surface area contributed by atoms with Gasteiger partial charge in [0, 0.05) is 49.1 Å². The maximum atomic E-state index is 12.8. The zero-order chi connectivity index (χ0) is 18.4. The Hall–Kier alpha value is -2.63. The lowest BCUT2D eigenvalue weighted by Gasteiger charge is -2.30. The van der Waals surface area contributed by atoms with Crippen molar-refractivity contribution in [3.8, 4) is 0 Å². The minimum atomic E-state index is 0.203. The SMILES string of the molecule is Cn1cc(CC(=O)N2CCC(c3nnc(C4CC4)o3)CC2)c2ccccc21. The summed E-state index contributed by atoms with van der Waals surface area (Å²) in [6.45, 7) is 1.52. The first-order valence-corrected chi connectivity index (χ1v) is 9.83. The molecule has 1 aromatic carbocycles. The van der Waals surface area contributed by atoms with Crippen molar-refractivity contribution in [2.24, 2.45) is 7.05 Å². The summed E-state index contributed by atoms with van der Waals surface area (Å²) in [5.41, 5.74) is 2.27. The first kappa shape index (κ1) is 16.5. The molecule has 6 heteroatoms. The summed E-state index contributed by atoms with van der Waals surface area (Å²) in [5.74, 6) is 2.55. The van der Waals surface area contributed by atoms with Crippen LogP contribution in [0.1, 0.15) is 54.9 Å². The molecule has 0 unspecified atom stereocenters. The van der Waals surface area contributed by atoms with E-state index in [2.05, 4.69) is 33.1 Å². The van der Waals surface area contributed by atoms with Crippen molar-refractivity contribution in [1.29, 1.82) is 0 Å². The Balaban J connectivity index is 1.23. The number of fused-ring (bicyclic) bond motifs is 1. The maximum absolute atomic E-state index is 12.8. The number of likely N-dealkylation sites (tertiary alicyclic amines) is 1. The Morgan fingerprint density at radius 3 is 2.44 bits per heavy atom. The first-order chi connectivity index (χ1) is 13.2. The number of carbonyl (C=O) groups is 1. The van der Waals surface area contributed by atoms with Gasteiger partial charge in [-0.05, 0) is 37.3 Å². The quantitative estimate of drug-likeness (QED) is 0.712. The molecule has 5 rings (SSSR count). The minimum Gasteiger partial charge on any atom is -0.425 e. The van der Waals surface area contributed by atoms with E-state index >= 15 is 0 Å². The number of para-hydroxylation sites is 1. The van der Waals surface area contributed by atoms with E-state index in [1.165, 1.54) is 23.7 Å². The van der Waals surface area contributed by atoms with E-state index in [4.69, 9.17) is 4.42 Å². The van der Waals surface area contributed by atoms with E-state index in [1.807, 2.05) is 24.1 Å². The van der Waals surface area contributed by atoms with Crippen LogP contribution in [0.15, 0.2) is 34.9 Å². The molecule has 1 saturated heterocycles. The Labute approximate surface area is 158 Å². The molecule has 0 radical (unpaired) electrons. The molecule has 0 spiro atoms. The highest BCUT2D eigenvalue weighted by Gasteiger charge is 2.32. The van der Waals surface area contributed by atoms with Crippen molar-refractivity contribution in [2.45, 2.75) is 43.9 Å². The number of amides is 1. The van der Waals surface area contributed by atoms with E-state index in [1.54, 1.807) is 0 Å². The molecule has 27 heavy (non-hydrogen) atoms. The molecule has 1 aliphatic carbocycles. The zero-order valence-corrected chi connectivity index (χ0v) is 15.6. The molecule has 3 aromatic rings. The van der Waals surface area contributed by atoms with E-state index in [0.29, 0.717) is 12.3 Å². The van der Waals surface area contributed by atoms with Crippen LogP contribution in [0, 0.1) is 0 Å². The molecule has 0 atom stereocenters. The Bertz CT molecular complexity index is 977. The van der Waals surface area contributed by atoms with Gasteiger partial charge >= 0.3 is 0 Å². The fraction of sp³-hybridized carbons (Fsp3) is 0.476. The minimum absolute atomic E-state index is 0.203. The molecule has 0 N–H and O–H groups in total. The average Bonchev–Trinajstić information content (AvgIpc) is 3.35. The van der Waals surface area contributed by atoms with Gasteiger partial charge in [0.05, 0.1) is 6.42 Å². The van der Waals surface area contributed by atoms with E-state index in [0.717, 1.165) is 43.3 Å². The van der Waals surface area contributed by atoms with E-state index in [9.17, 15) is 4.79 Å². The third-order valence-electron chi connectivity index (χ3n) is 5.90. The third kappa shape index (κ3) is 3.13. The highest BCUT2D eigenvalue weighted by Crippen LogP contribution is 2.40. The van der Waals surface area contributed by atoms with Crippen molar-refractivity contribution in [2.75, 3.05) is 13.1 Å². The normalized spacial score (nSPS) is 18.3. The molecular formula is C21H24N4O2. The zero-order valence-electron chi connectivity index (χ0n) is 15.6. The molecule has 2 aliphatic rings. The standard InChI is InChI=1S/C21H24N4O2/c1-24-13-16(17-4-2-3-5-18(17)24)12-19(26)25-10-8-15(9-11-25)21-23-22-20(27-21)14-6-7-14/h2-5,13-15H,6-12H2,1H3. The second kappa shape index (κ2) is 6.51. The van der Waals surface area contributed by atoms with E-state index < -0.39 is 0 Å². The van der Waals surface area contributed by atoms with Gasteiger partial charge in [-0.2, -0.15) is 0 Å². The van der Waals surface area contributed by atoms with Crippen molar-refractivity contribution in [3.05, 3.63) is 47.8 Å². The molecule has 2 fully saturated rings. The molecule has 0 bridgehead atoms. The molecule has 1 amide bonds. The summed E-state index contributed by atoms with van der Waals surface area (Å²) >= 11 is 0. The van der Waals surface area contributed by atoms with Crippen LogP contribution in [0.2, 0.25) is 0 Å². The number of rotatable bonds is 4. The van der Waals surface area contributed by atoms with Crippen molar-refractivity contribution in [3.63, 3.8) is 0 Å². The van der Waals surface area contributed by atoms with Crippen LogP contribution >= 0.6 is 0 Å². The number of aryl methyl sites for hydroxylation is 1. The van der Waals surface area contributed by atoms with Crippen molar-refractivity contribution in [1.82, 2.24) is 19.7 Å².